The van der Waals surface area contributed by atoms with Gasteiger partial charge in [0.1, 0.15) is 6.73 Å². The Hall–Kier alpha value is -5.89. The van der Waals surface area contributed by atoms with Gasteiger partial charge in [-0.25, -0.2) is 14.2 Å². The first-order valence-electron chi connectivity index (χ1n) is 25.8. The fraction of sp³-hybridized carbons (Fsp3) is 0.397. The van der Waals surface area contributed by atoms with E-state index in [1.165, 1.54) is 24.5 Å². The van der Waals surface area contributed by atoms with E-state index in [2.05, 4.69) is 93.2 Å². The lowest BCUT2D eigenvalue weighted by Gasteiger charge is -2.45. The van der Waals surface area contributed by atoms with Crippen molar-refractivity contribution >= 4 is 82.4 Å². The number of anilines is 2. The number of esters is 1. The first-order chi connectivity index (χ1) is 36.4. The van der Waals surface area contributed by atoms with Gasteiger partial charge in [-0.3, -0.25) is 9.47 Å². The van der Waals surface area contributed by atoms with Crippen LogP contribution in [0.1, 0.15) is 66.5 Å². The van der Waals surface area contributed by atoms with Gasteiger partial charge in [0.05, 0.1) is 43.2 Å². The Morgan fingerprint density at radius 1 is 0.908 bits per heavy atom. The maximum atomic E-state index is 15.1. The van der Waals surface area contributed by atoms with E-state index in [-0.39, 0.29) is 29.7 Å². The fourth-order valence-corrected chi connectivity index (χ4v) is 16.4. The van der Waals surface area contributed by atoms with Crippen molar-refractivity contribution in [2.24, 2.45) is 4.99 Å². The zero-order valence-corrected chi connectivity index (χ0v) is 49.2. The van der Waals surface area contributed by atoms with Crippen LogP contribution in [0.2, 0.25) is 30.7 Å². The summed E-state index contributed by atoms with van der Waals surface area (Å²) in [5.74, 6) is 6.03. The predicted octanol–water partition coefficient (Wildman–Crippen LogP) is 10.5. The Kier molecular flexibility index (Phi) is 20.1. The first kappa shape index (κ1) is 57.8. The van der Waals surface area contributed by atoms with E-state index >= 15 is 4.39 Å². The third kappa shape index (κ3) is 14.8. The SMILES string of the molecule is COC(=O)c1nc(N(CCCC(CO)O[Si](c2ccccc2)(c2ccccc2)C(C)(C)C)c2cc(C)c(N=c3sc4ccccc4n3COCC[Si](C)(C)C)nn2)sc1CCCOc1ccc(C#CCN(C)C)cc1F. The standard InChI is InChI=1S/C58H72FN7O6S2Si2/c1-42-38-52(62-63-54(42)61-57-66(41-70-36-37-75(8,9)10)48-28-17-18-29-50(48)73-57)65(34-20-23-44(40-67)72-76(58(2,3)4,45-24-13-11-14-25-45)46-26-15-12-16-27-46)56-60-53(55(68)69-7)51(74-56)30-21-35-71-49-32-31-43(39-47(49)59)22-19-33-64(5)6/h11-18,24-29,31-32,38-39,44,67H,20-21,23,30,33-37,40-41H2,1-10H3. The van der Waals surface area contributed by atoms with Gasteiger partial charge < -0.3 is 28.6 Å². The molecule has 18 heteroatoms. The number of hydrogen-bond acceptors (Lipinski definition) is 14. The molecule has 76 heavy (non-hydrogen) atoms. The third-order valence-corrected chi connectivity index (χ3v) is 21.8. The Labute approximate surface area is 457 Å². The van der Waals surface area contributed by atoms with E-state index in [4.69, 9.17) is 38.8 Å². The van der Waals surface area contributed by atoms with Crippen molar-refractivity contribution in [3.05, 3.63) is 142 Å². The molecule has 3 heterocycles. The normalized spacial score (nSPS) is 12.7. The van der Waals surface area contributed by atoms with Crippen molar-refractivity contribution in [3.63, 3.8) is 0 Å². The number of thiazole rings is 2. The fourth-order valence-electron chi connectivity index (χ4n) is 8.77. The van der Waals surface area contributed by atoms with E-state index in [0.717, 1.165) is 37.0 Å². The number of para-hydroxylation sites is 1. The van der Waals surface area contributed by atoms with Crippen LogP contribution in [0.25, 0.3) is 10.2 Å². The minimum absolute atomic E-state index is 0.125. The number of aromatic nitrogens is 4. The van der Waals surface area contributed by atoms with Crippen molar-refractivity contribution in [3.8, 4) is 17.6 Å². The summed E-state index contributed by atoms with van der Waals surface area (Å²) < 4.78 is 43.1. The number of methoxy groups -OCH3 is 1. The van der Waals surface area contributed by atoms with Crippen LogP contribution in [0, 0.1) is 24.6 Å². The molecule has 0 bridgehead atoms. The second-order valence-electron chi connectivity index (χ2n) is 21.2. The molecular weight excluding hydrogens is 1030 g/mol. The molecule has 4 aromatic carbocycles. The number of hydrogen-bond donors (Lipinski definition) is 1. The molecule has 402 valence electrons. The number of halogens is 1. The molecule has 3 aromatic heterocycles. The number of nitrogens with zero attached hydrogens (tertiary/aromatic N) is 7. The minimum Gasteiger partial charge on any atom is -0.491 e. The Morgan fingerprint density at radius 3 is 2.24 bits per heavy atom. The van der Waals surface area contributed by atoms with Gasteiger partial charge in [-0.2, -0.15) is 4.99 Å². The number of benzene rings is 4. The van der Waals surface area contributed by atoms with Gasteiger partial charge in [0, 0.05) is 31.7 Å². The maximum Gasteiger partial charge on any atom is 0.357 e. The van der Waals surface area contributed by atoms with Gasteiger partial charge in [-0.05, 0) is 110 Å². The molecule has 0 spiro atoms. The van der Waals surface area contributed by atoms with Gasteiger partial charge >= 0.3 is 5.97 Å². The highest BCUT2D eigenvalue weighted by atomic mass is 32.1. The number of carbonyl (C=O) groups is 1. The van der Waals surface area contributed by atoms with Crippen molar-refractivity contribution in [2.45, 2.75) is 96.9 Å². The smallest absolute Gasteiger partial charge is 0.357 e. The second-order valence-corrected chi connectivity index (χ2v) is 33.2. The molecule has 1 unspecified atom stereocenters. The van der Waals surface area contributed by atoms with Crippen LogP contribution < -0.4 is 24.8 Å². The highest BCUT2D eigenvalue weighted by Crippen LogP contribution is 2.39. The van der Waals surface area contributed by atoms with Crippen LogP contribution in [0.4, 0.5) is 21.2 Å². The lowest BCUT2D eigenvalue weighted by molar-refractivity contribution is 0.0593. The zero-order valence-electron chi connectivity index (χ0n) is 45.6. The highest BCUT2D eigenvalue weighted by molar-refractivity contribution is 7.16. The van der Waals surface area contributed by atoms with E-state index in [0.29, 0.717) is 79.3 Å². The summed E-state index contributed by atoms with van der Waals surface area (Å²) in [7, 11) is 0.888. The lowest BCUT2D eigenvalue weighted by Crippen LogP contribution is -2.68. The monoisotopic (exact) mass is 1100 g/mol. The third-order valence-electron chi connectivity index (χ3n) is 12.8. The zero-order chi connectivity index (χ0) is 54.5. The summed E-state index contributed by atoms with van der Waals surface area (Å²) in [4.78, 5) is 28.8. The van der Waals surface area contributed by atoms with Crippen molar-refractivity contribution in [1.29, 1.82) is 0 Å². The van der Waals surface area contributed by atoms with Crippen LogP contribution in [-0.2, 0) is 27.1 Å². The molecule has 0 aliphatic carbocycles. The van der Waals surface area contributed by atoms with E-state index in [1.807, 2.05) is 85.4 Å². The van der Waals surface area contributed by atoms with Crippen molar-refractivity contribution < 1.29 is 32.9 Å². The van der Waals surface area contributed by atoms with Gasteiger partial charge in [-0.15, -0.1) is 21.5 Å². The minimum atomic E-state index is -3.00. The van der Waals surface area contributed by atoms with Gasteiger partial charge in [0.15, 0.2) is 38.8 Å². The topological polar surface area (TPSA) is 137 Å². The summed E-state index contributed by atoms with van der Waals surface area (Å²) >= 11 is 2.92. The molecule has 1 atom stereocenters. The van der Waals surface area contributed by atoms with Crippen LogP contribution in [0.5, 0.6) is 5.75 Å². The molecule has 7 rings (SSSR count). The highest BCUT2D eigenvalue weighted by Gasteiger charge is 2.51. The van der Waals surface area contributed by atoms with Crippen LogP contribution in [0.3, 0.4) is 0 Å². The number of aliphatic hydroxyl groups is 1. The summed E-state index contributed by atoms with van der Waals surface area (Å²) in [6, 6.07) is 36.7. The van der Waals surface area contributed by atoms with E-state index in [9.17, 15) is 9.90 Å². The molecule has 0 radical (unpaired) electrons. The molecule has 0 aliphatic heterocycles. The molecule has 0 fully saturated rings. The van der Waals surface area contributed by atoms with E-state index in [1.54, 1.807) is 23.5 Å². The average Bonchev–Trinajstić information content (AvgIpc) is 3.99. The van der Waals surface area contributed by atoms with Gasteiger partial charge in [-0.1, -0.05) is 136 Å². The maximum absolute atomic E-state index is 15.1. The quantitative estimate of drug-likeness (QED) is 0.0268. The lowest BCUT2D eigenvalue weighted by atomic mass is 10.2. The second kappa shape index (κ2) is 26.4. The van der Waals surface area contributed by atoms with Gasteiger partial charge in [0.25, 0.3) is 8.32 Å². The molecule has 0 saturated carbocycles. The van der Waals surface area contributed by atoms with Gasteiger partial charge in [0.2, 0.25) is 0 Å². The summed E-state index contributed by atoms with van der Waals surface area (Å²) in [6.07, 6.45) is 1.41. The number of aryl methyl sites for hydroxylation is 2. The Bertz CT molecular complexity index is 3120. The summed E-state index contributed by atoms with van der Waals surface area (Å²) in [5.41, 5.74) is 2.56. The molecular formula is C58H72FN7O6S2Si2. The van der Waals surface area contributed by atoms with Crippen molar-refractivity contribution in [2.75, 3.05) is 59.0 Å². The van der Waals surface area contributed by atoms with Crippen molar-refractivity contribution in [1.82, 2.24) is 24.6 Å². The predicted molar refractivity (Wildman–Crippen MR) is 311 cm³/mol. The molecule has 0 amide bonds. The molecule has 0 saturated heterocycles. The Morgan fingerprint density at radius 2 is 1.61 bits per heavy atom. The van der Waals surface area contributed by atoms with E-state index < -0.39 is 34.3 Å². The molecule has 7 aromatic rings. The molecule has 0 aliphatic rings. The summed E-state index contributed by atoms with van der Waals surface area (Å²) in [6.45, 7) is 17.6. The summed E-state index contributed by atoms with van der Waals surface area (Å²) in [5, 5.41) is 23.1. The number of carbonyl (C=O) groups excluding carboxylic acids is 1. The first-order valence-corrected chi connectivity index (χ1v) is 33.0. The molecule has 13 nitrogen and oxygen atoms in total. The number of aliphatic hydroxyl groups excluding tert-OH is 1. The number of ether oxygens (including phenoxy) is 3. The molecule has 1 N–H and O–H groups in total. The average molecular weight is 1100 g/mol. The number of rotatable bonds is 24. The largest absolute Gasteiger partial charge is 0.491 e. The van der Waals surface area contributed by atoms with Crippen LogP contribution >= 0.6 is 22.7 Å². The number of fused-ring (bicyclic) bond motifs is 1. The van der Waals surface area contributed by atoms with Crippen LogP contribution in [-0.4, -0.2) is 112 Å². The Balaban J connectivity index is 1.19. The van der Waals surface area contributed by atoms with Crippen LogP contribution in [0.15, 0.2) is 114 Å².